The molecule has 142 valence electrons. The van der Waals surface area contributed by atoms with E-state index >= 15 is 0 Å². The van der Waals surface area contributed by atoms with Crippen LogP contribution in [0.2, 0.25) is 0 Å². The van der Waals surface area contributed by atoms with Gasteiger partial charge in [0.05, 0.1) is 0 Å². The first-order valence-corrected chi connectivity index (χ1v) is 9.67. The average Bonchev–Trinajstić information content (AvgIpc) is 3.49. The molecule has 1 saturated carbocycles. The summed E-state index contributed by atoms with van der Waals surface area (Å²) < 4.78 is 0. The highest BCUT2D eigenvalue weighted by molar-refractivity contribution is 5.97. The maximum atomic E-state index is 13.3. The number of hydrogen-bond acceptors (Lipinski definition) is 2. The van der Waals surface area contributed by atoms with E-state index in [2.05, 4.69) is 5.32 Å². The van der Waals surface area contributed by atoms with Gasteiger partial charge in [0.15, 0.2) is 0 Å². The van der Waals surface area contributed by atoms with Gasteiger partial charge in [0.2, 0.25) is 5.91 Å². The van der Waals surface area contributed by atoms with Crippen molar-refractivity contribution in [3.63, 3.8) is 0 Å². The minimum atomic E-state index is -0.525. The molecule has 0 radical (unpaired) electrons. The van der Waals surface area contributed by atoms with Crippen LogP contribution in [0.15, 0.2) is 54.6 Å². The highest BCUT2D eigenvalue weighted by Crippen LogP contribution is 2.29. The van der Waals surface area contributed by atoms with Crippen molar-refractivity contribution < 1.29 is 9.59 Å². The molecule has 0 saturated heterocycles. The molecule has 27 heavy (non-hydrogen) atoms. The smallest absolute Gasteiger partial charge is 0.251 e. The van der Waals surface area contributed by atoms with E-state index in [-0.39, 0.29) is 23.8 Å². The highest BCUT2D eigenvalue weighted by Gasteiger charge is 2.37. The van der Waals surface area contributed by atoms with Crippen molar-refractivity contribution in [1.82, 2.24) is 10.2 Å². The van der Waals surface area contributed by atoms with Crippen LogP contribution in [0.25, 0.3) is 0 Å². The fourth-order valence-corrected chi connectivity index (χ4v) is 3.17. The van der Waals surface area contributed by atoms with Crippen LogP contribution in [0.3, 0.4) is 0 Å². The Bertz CT molecular complexity index is 780. The monoisotopic (exact) mass is 364 g/mol. The molecule has 0 heterocycles. The maximum absolute atomic E-state index is 13.3. The molecule has 3 rings (SSSR count). The first kappa shape index (κ1) is 19.2. The van der Waals surface area contributed by atoms with Crippen molar-refractivity contribution in [3.05, 3.63) is 71.3 Å². The van der Waals surface area contributed by atoms with Crippen molar-refractivity contribution >= 4 is 11.8 Å². The second-order valence-corrected chi connectivity index (χ2v) is 7.74. The lowest BCUT2D eigenvalue weighted by atomic mass is 10.0. The Morgan fingerprint density at radius 2 is 1.67 bits per heavy atom. The Hall–Kier alpha value is -2.62. The van der Waals surface area contributed by atoms with E-state index in [0.29, 0.717) is 12.1 Å². The van der Waals surface area contributed by atoms with Gasteiger partial charge in [0.1, 0.15) is 6.04 Å². The van der Waals surface area contributed by atoms with E-state index in [4.69, 9.17) is 0 Å². The molecule has 1 atom stereocenters. The average molecular weight is 364 g/mol. The van der Waals surface area contributed by atoms with E-state index in [1.54, 1.807) is 12.1 Å². The van der Waals surface area contributed by atoms with Gasteiger partial charge in [-0.1, -0.05) is 61.9 Å². The summed E-state index contributed by atoms with van der Waals surface area (Å²) in [5.74, 6) is -0.168. The number of nitrogens with zero attached hydrogens (tertiary/aromatic N) is 1. The van der Waals surface area contributed by atoms with Crippen LogP contribution in [0, 0.1) is 12.8 Å². The molecule has 4 nitrogen and oxygen atoms in total. The van der Waals surface area contributed by atoms with E-state index in [9.17, 15) is 9.59 Å². The molecule has 0 aliphatic heterocycles. The summed E-state index contributed by atoms with van der Waals surface area (Å²) in [4.78, 5) is 27.9. The molecule has 1 aliphatic rings. The quantitative estimate of drug-likeness (QED) is 0.809. The predicted octanol–water partition coefficient (Wildman–Crippen LogP) is 3.94. The van der Waals surface area contributed by atoms with Crippen molar-refractivity contribution in [2.75, 3.05) is 0 Å². The maximum Gasteiger partial charge on any atom is 0.251 e. The fourth-order valence-electron chi connectivity index (χ4n) is 3.17. The van der Waals surface area contributed by atoms with Gasteiger partial charge < -0.3 is 10.2 Å². The molecule has 1 unspecified atom stereocenters. The van der Waals surface area contributed by atoms with Gasteiger partial charge in [0.25, 0.3) is 5.91 Å². The number of aryl methyl sites for hydroxylation is 1. The van der Waals surface area contributed by atoms with Gasteiger partial charge in [-0.05, 0) is 43.4 Å². The van der Waals surface area contributed by atoms with Gasteiger partial charge in [-0.2, -0.15) is 0 Å². The van der Waals surface area contributed by atoms with Crippen LogP contribution in [0.4, 0.5) is 0 Å². The standard InChI is InChI=1S/C23H28N2O2/c1-16(2)21(24-22(26)19-11-9-17(3)10-12-19)23(27)25(20-13-14-20)15-18-7-5-4-6-8-18/h4-12,16,20-21H,13-15H2,1-3H3,(H,24,26). The molecule has 1 N–H and O–H groups in total. The van der Waals surface area contributed by atoms with E-state index in [1.165, 1.54) is 0 Å². The molecule has 2 aromatic rings. The summed E-state index contributed by atoms with van der Waals surface area (Å²) in [5.41, 5.74) is 2.80. The molecule has 2 amide bonds. The number of hydrogen-bond donors (Lipinski definition) is 1. The summed E-state index contributed by atoms with van der Waals surface area (Å²) in [5, 5.41) is 2.97. The third-order valence-electron chi connectivity index (χ3n) is 5.00. The molecule has 1 fully saturated rings. The van der Waals surface area contributed by atoms with Crippen molar-refractivity contribution in [2.24, 2.45) is 5.92 Å². The number of benzene rings is 2. The van der Waals surface area contributed by atoms with Gasteiger partial charge in [-0.25, -0.2) is 0 Å². The molecular formula is C23H28N2O2. The largest absolute Gasteiger partial charge is 0.340 e. The fraction of sp³-hybridized carbons (Fsp3) is 0.391. The van der Waals surface area contributed by atoms with E-state index < -0.39 is 6.04 Å². The summed E-state index contributed by atoms with van der Waals surface area (Å²) in [6.45, 7) is 6.53. The van der Waals surface area contributed by atoms with Gasteiger partial charge in [-0.15, -0.1) is 0 Å². The van der Waals surface area contributed by atoms with Gasteiger partial charge in [-0.3, -0.25) is 9.59 Å². The number of amides is 2. The Labute approximate surface area is 161 Å². The molecule has 2 aromatic carbocycles. The van der Waals surface area contributed by atoms with Crippen LogP contribution in [-0.2, 0) is 11.3 Å². The van der Waals surface area contributed by atoms with Crippen LogP contribution >= 0.6 is 0 Å². The topological polar surface area (TPSA) is 49.4 Å². The molecule has 0 aromatic heterocycles. The third kappa shape index (κ3) is 4.97. The van der Waals surface area contributed by atoms with Gasteiger partial charge in [0, 0.05) is 18.2 Å². The summed E-state index contributed by atoms with van der Waals surface area (Å²) in [6.07, 6.45) is 2.07. The van der Waals surface area contributed by atoms with Crippen LogP contribution < -0.4 is 5.32 Å². The van der Waals surface area contributed by atoms with E-state index in [1.807, 2.05) is 68.1 Å². The number of nitrogens with one attached hydrogen (secondary N) is 1. The zero-order chi connectivity index (χ0) is 19.4. The predicted molar refractivity (Wildman–Crippen MR) is 107 cm³/mol. The Morgan fingerprint density at radius 3 is 2.22 bits per heavy atom. The molecule has 4 heteroatoms. The van der Waals surface area contributed by atoms with Gasteiger partial charge >= 0.3 is 0 Å². The second-order valence-electron chi connectivity index (χ2n) is 7.74. The minimum Gasteiger partial charge on any atom is -0.340 e. The Kier molecular flexibility index (Phi) is 5.94. The second kappa shape index (κ2) is 8.38. The summed E-state index contributed by atoms with van der Waals surface area (Å²) in [7, 11) is 0. The Balaban J connectivity index is 1.74. The van der Waals surface area contributed by atoms with Crippen LogP contribution in [0.5, 0.6) is 0 Å². The molecular weight excluding hydrogens is 336 g/mol. The molecule has 1 aliphatic carbocycles. The van der Waals surface area contributed by atoms with Crippen LogP contribution in [0.1, 0.15) is 48.2 Å². The lowest BCUT2D eigenvalue weighted by molar-refractivity contribution is -0.135. The lowest BCUT2D eigenvalue weighted by Crippen LogP contribution is -2.51. The highest BCUT2D eigenvalue weighted by atomic mass is 16.2. The zero-order valence-electron chi connectivity index (χ0n) is 16.3. The molecule has 0 bridgehead atoms. The SMILES string of the molecule is Cc1ccc(C(=O)NC(C(=O)N(Cc2ccccc2)C2CC2)C(C)C)cc1. The number of carbonyl (C=O) groups excluding carboxylic acids is 2. The molecule has 0 spiro atoms. The van der Waals surface area contributed by atoms with Crippen LogP contribution in [-0.4, -0.2) is 28.8 Å². The first-order valence-electron chi connectivity index (χ1n) is 9.67. The van der Waals surface area contributed by atoms with E-state index in [0.717, 1.165) is 24.0 Å². The Morgan fingerprint density at radius 1 is 1.04 bits per heavy atom. The number of carbonyl (C=O) groups is 2. The third-order valence-corrected chi connectivity index (χ3v) is 5.00. The normalized spacial score (nSPS) is 14.7. The lowest BCUT2D eigenvalue weighted by Gasteiger charge is -2.30. The summed E-state index contributed by atoms with van der Waals surface area (Å²) in [6, 6.07) is 17.2. The summed E-state index contributed by atoms with van der Waals surface area (Å²) >= 11 is 0. The minimum absolute atomic E-state index is 0.0109. The zero-order valence-corrected chi connectivity index (χ0v) is 16.3. The number of rotatable bonds is 7. The van der Waals surface area contributed by atoms with Crippen molar-refractivity contribution in [1.29, 1.82) is 0 Å². The van der Waals surface area contributed by atoms with Crippen molar-refractivity contribution in [2.45, 2.75) is 52.2 Å². The van der Waals surface area contributed by atoms with Crippen molar-refractivity contribution in [3.8, 4) is 0 Å². The first-order chi connectivity index (χ1) is 13.0.